The Kier molecular flexibility index (Phi) is 2.69. The topological polar surface area (TPSA) is 26.3 Å². The third-order valence-corrected chi connectivity index (χ3v) is 4.27. The molecule has 2 nitrogen and oxygen atoms in total. The van der Waals surface area contributed by atoms with Gasteiger partial charge in [0.25, 0.3) is 0 Å². The van der Waals surface area contributed by atoms with Gasteiger partial charge in [-0.25, -0.2) is 0 Å². The van der Waals surface area contributed by atoms with Crippen molar-refractivity contribution in [3.63, 3.8) is 0 Å². The third-order valence-electron chi connectivity index (χ3n) is 4.27. The fourth-order valence-corrected chi connectivity index (χ4v) is 3.24. The van der Waals surface area contributed by atoms with Crippen LogP contribution in [0.5, 0.6) is 0 Å². The first-order valence-corrected chi connectivity index (χ1v) is 5.95. The van der Waals surface area contributed by atoms with Gasteiger partial charge < -0.3 is 4.74 Å². The summed E-state index contributed by atoms with van der Waals surface area (Å²) in [7, 11) is 0. The van der Waals surface area contributed by atoms with Crippen LogP contribution in [0.15, 0.2) is 24.8 Å². The van der Waals surface area contributed by atoms with Gasteiger partial charge in [-0.3, -0.25) is 4.79 Å². The summed E-state index contributed by atoms with van der Waals surface area (Å²) >= 11 is 0. The maximum absolute atomic E-state index is 11.3. The number of fused-ring (bicyclic) bond motifs is 1. The molecule has 0 amide bonds. The van der Waals surface area contributed by atoms with Crippen LogP contribution < -0.4 is 0 Å². The lowest BCUT2D eigenvalue weighted by atomic mass is 9.61. The van der Waals surface area contributed by atoms with E-state index in [9.17, 15) is 4.79 Å². The van der Waals surface area contributed by atoms with E-state index >= 15 is 0 Å². The zero-order valence-electron chi connectivity index (χ0n) is 10.2. The number of hydrogen-bond donors (Lipinski definition) is 0. The van der Waals surface area contributed by atoms with Gasteiger partial charge in [0, 0.05) is 5.92 Å². The van der Waals surface area contributed by atoms with Crippen molar-refractivity contribution in [3.8, 4) is 0 Å². The minimum absolute atomic E-state index is 0.0254. The van der Waals surface area contributed by atoms with Crippen molar-refractivity contribution in [1.82, 2.24) is 0 Å². The molecule has 2 aliphatic rings. The van der Waals surface area contributed by atoms with Gasteiger partial charge in [-0.15, -0.1) is 6.58 Å². The lowest BCUT2D eigenvalue weighted by Crippen LogP contribution is -2.39. The summed E-state index contributed by atoms with van der Waals surface area (Å²) in [6.45, 7) is 12.3. The highest BCUT2D eigenvalue weighted by atomic mass is 16.5. The van der Waals surface area contributed by atoms with E-state index in [1.165, 1.54) is 5.57 Å². The number of rotatable bonds is 2. The van der Waals surface area contributed by atoms with Crippen LogP contribution in [0.25, 0.3) is 0 Å². The second-order valence-corrected chi connectivity index (χ2v) is 5.54. The molecule has 0 radical (unpaired) electrons. The standard InChI is InChI=1S/C14H20O2/c1-5-14(4)8-12-10(7-13(15)16-12)6-11(14)9(2)3/h5,10-12H,1-2,6-8H2,3-4H3/t10-,11+,12-,14-/m0/s1. The summed E-state index contributed by atoms with van der Waals surface area (Å²) in [5, 5.41) is 0. The normalized spacial score (nSPS) is 42.4. The average molecular weight is 220 g/mol. The molecule has 1 heterocycles. The molecule has 1 saturated heterocycles. The minimum Gasteiger partial charge on any atom is -0.462 e. The molecule has 0 spiro atoms. The first-order valence-electron chi connectivity index (χ1n) is 5.95. The molecule has 1 aliphatic carbocycles. The van der Waals surface area contributed by atoms with Crippen molar-refractivity contribution in [3.05, 3.63) is 24.8 Å². The molecule has 0 N–H and O–H groups in total. The van der Waals surface area contributed by atoms with Gasteiger partial charge >= 0.3 is 5.97 Å². The Morgan fingerprint density at radius 2 is 2.31 bits per heavy atom. The van der Waals surface area contributed by atoms with Gasteiger partial charge in [-0.1, -0.05) is 25.2 Å². The van der Waals surface area contributed by atoms with Crippen LogP contribution >= 0.6 is 0 Å². The van der Waals surface area contributed by atoms with Crippen LogP contribution in [0.1, 0.15) is 33.1 Å². The highest BCUT2D eigenvalue weighted by Crippen LogP contribution is 2.50. The van der Waals surface area contributed by atoms with Gasteiger partial charge in [0.1, 0.15) is 6.10 Å². The Balaban J connectivity index is 2.24. The van der Waals surface area contributed by atoms with Gasteiger partial charge in [-0.2, -0.15) is 0 Å². The number of carbonyl (C=O) groups excluding carboxylic acids is 1. The molecule has 0 aromatic heterocycles. The van der Waals surface area contributed by atoms with E-state index in [0.717, 1.165) is 12.8 Å². The van der Waals surface area contributed by atoms with Crippen molar-refractivity contribution < 1.29 is 9.53 Å². The zero-order chi connectivity index (χ0) is 11.9. The molecule has 0 aromatic rings. The van der Waals surface area contributed by atoms with E-state index in [-0.39, 0.29) is 17.5 Å². The van der Waals surface area contributed by atoms with Crippen LogP contribution in [-0.2, 0) is 9.53 Å². The third kappa shape index (κ3) is 1.70. The second kappa shape index (κ2) is 3.76. The Hall–Kier alpha value is -1.05. The minimum atomic E-state index is -0.0382. The van der Waals surface area contributed by atoms with Gasteiger partial charge in [0.05, 0.1) is 6.42 Å². The molecule has 4 atom stereocenters. The average Bonchev–Trinajstić information content (AvgIpc) is 2.55. The van der Waals surface area contributed by atoms with Crippen LogP contribution in [-0.4, -0.2) is 12.1 Å². The van der Waals surface area contributed by atoms with Gasteiger partial charge in [-0.05, 0) is 31.1 Å². The fourth-order valence-electron chi connectivity index (χ4n) is 3.24. The van der Waals surface area contributed by atoms with Crippen molar-refractivity contribution in [2.24, 2.45) is 17.3 Å². The van der Waals surface area contributed by atoms with Crippen molar-refractivity contribution in [2.45, 2.75) is 39.2 Å². The van der Waals surface area contributed by atoms with Crippen molar-refractivity contribution in [2.75, 3.05) is 0 Å². The Bertz CT molecular complexity index is 345. The van der Waals surface area contributed by atoms with E-state index in [1.54, 1.807) is 0 Å². The summed E-state index contributed by atoms with van der Waals surface area (Å²) in [5.41, 5.74) is 1.22. The lowest BCUT2D eigenvalue weighted by Gasteiger charge is -2.44. The highest BCUT2D eigenvalue weighted by Gasteiger charge is 2.48. The summed E-state index contributed by atoms with van der Waals surface area (Å²) < 4.78 is 5.37. The molecule has 0 unspecified atom stereocenters. The SMILES string of the molecule is C=C[C@@]1(C)C[C@@H]2OC(=O)C[C@@H]2C[C@@H]1C(=C)C. The highest BCUT2D eigenvalue weighted by molar-refractivity contribution is 5.72. The van der Waals surface area contributed by atoms with Crippen LogP contribution in [0.4, 0.5) is 0 Å². The first-order chi connectivity index (χ1) is 7.46. The largest absolute Gasteiger partial charge is 0.462 e. The molecule has 16 heavy (non-hydrogen) atoms. The van der Waals surface area contributed by atoms with E-state index in [2.05, 4.69) is 27.0 Å². The molecule has 1 aliphatic heterocycles. The van der Waals surface area contributed by atoms with Gasteiger partial charge in [0.15, 0.2) is 0 Å². The van der Waals surface area contributed by atoms with Crippen molar-refractivity contribution in [1.29, 1.82) is 0 Å². The maximum atomic E-state index is 11.3. The zero-order valence-corrected chi connectivity index (χ0v) is 10.2. The number of hydrogen-bond acceptors (Lipinski definition) is 2. The van der Waals surface area contributed by atoms with Crippen LogP contribution in [0.3, 0.4) is 0 Å². The lowest BCUT2D eigenvalue weighted by molar-refractivity contribution is -0.143. The molecule has 2 fully saturated rings. The summed E-state index contributed by atoms with van der Waals surface area (Å²) in [6, 6.07) is 0. The predicted molar refractivity (Wildman–Crippen MR) is 63.8 cm³/mol. The van der Waals surface area contributed by atoms with E-state index in [1.807, 2.05) is 6.08 Å². The summed E-state index contributed by atoms with van der Waals surface area (Å²) in [6.07, 6.45) is 4.60. The molecular weight excluding hydrogens is 200 g/mol. The quantitative estimate of drug-likeness (QED) is 0.528. The second-order valence-electron chi connectivity index (χ2n) is 5.54. The van der Waals surface area contributed by atoms with E-state index in [0.29, 0.717) is 18.3 Å². The molecule has 2 heteroatoms. The first kappa shape index (κ1) is 11.4. The monoisotopic (exact) mass is 220 g/mol. The molecular formula is C14H20O2. The molecule has 0 aromatic carbocycles. The number of ether oxygens (including phenoxy) is 1. The number of esters is 1. The smallest absolute Gasteiger partial charge is 0.306 e. The molecule has 0 bridgehead atoms. The molecule has 88 valence electrons. The Labute approximate surface area is 97.4 Å². The Morgan fingerprint density at radius 1 is 1.62 bits per heavy atom. The predicted octanol–water partition coefficient (Wildman–Crippen LogP) is 3.10. The maximum Gasteiger partial charge on any atom is 0.306 e. The fraction of sp³-hybridized carbons (Fsp3) is 0.643. The van der Waals surface area contributed by atoms with E-state index in [4.69, 9.17) is 4.74 Å². The summed E-state index contributed by atoms with van der Waals surface area (Å²) in [4.78, 5) is 11.3. The van der Waals surface area contributed by atoms with Crippen molar-refractivity contribution >= 4 is 5.97 Å². The Morgan fingerprint density at radius 3 is 2.88 bits per heavy atom. The van der Waals surface area contributed by atoms with Gasteiger partial charge in [0.2, 0.25) is 0 Å². The summed E-state index contributed by atoms with van der Waals surface area (Å²) in [5.74, 6) is 0.784. The number of carbonyl (C=O) groups is 1. The number of allylic oxidation sites excluding steroid dienone is 2. The van der Waals surface area contributed by atoms with E-state index < -0.39 is 0 Å². The van der Waals surface area contributed by atoms with Crippen LogP contribution in [0.2, 0.25) is 0 Å². The molecule has 1 saturated carbocycles. The molecule has 2 rings (SSSR count). The van der Waals surface area contributed by atoms with Crippen LogP contribution in [0, 0.1) is 17.3 Å².